The van der Waals surface area contributed by atoms with Gasteiger partial charge in [0.1, 0.15) is 0 Å². The number of hydrogen-bond donors (Lipinski definition) is 0. The molecule has 66 valence electrons. The lowest BCUT2D eigenvalue weighted by atomic mass is 10.1. The van der Waals surface area contributed by atoms with Crippen molar-refractivity contribution < 1.29 is 0 Å². The van der Waals surface area contributed by atoms with Gasteiger partial charge in [0.05, 0.1) is 0 Å². The second kappa shape index (κ2) is 3.30. The predicted molar refractivity (Wildman–Crippen MR) is 57.0 cm³/mol. The monoisotopic (exact) mass is 189 g/mol. The SMILES string of the molecule is Cc1cc(C)c(-c2ccsc2)cn1. The van der Waals surface area contributed by atoms with Gasteiger partial charge in [0.25, 0.3) is 0 Å². The smallest absolute Gasteiger partial charge is 0.0375 e. The molecule has 0 aliphatic heterocycles. The summed E-state index contributed by atoms with van der Waals surface area (Å²) in [5, 5.41) is 4.24. The Morgan fingerprint density at radius 3 is 2.77 bits per heavy atom. The van der Waals surface area contributed by atoms with E-state index >= 15 is 0 Å². The lowest BCUT2D eigenvalue weighted by Gasteiger charge is -2.03. The van der Waals surface area contributed by atoms with E-state index in [0.717, 1.165) is 5.69 Å². The van der Waals surface area contributed by atoms with Gasteiger partial charge in [0, 0.05) is 17.5 Å². The van der Waals surface area contributed by atoms with Crippen LogP contribution < -0.4 is 0 Å². The van der Waals surface area contributed by atoms with Crippen LogP contribution in [0.25, 0.3) is 11.1 Å². The Morgan fingerprint density at radius 1 is 1.31 bits per heavy atom. The number of aromatic nitrogens is 1. The van der Waals surface area contributed by atoms with Gasteiger partial charge in [-0.25, -0.2) is 0 Å². The fourth-order valence-electron chi connectivity index (χ4n) is 1.42. The van der Waals surface area contributed by atoms with Crippen LogP contribution in [0.1, 0.15) is 11.3 Å². The lowest BCUT2D eigenvalue weighted by molar-refractivity contribution is 1.18. The zero-order chi connectivity index (χ0) is 9.26. The summed E-state index contributed by atoms with van der Waals surface area (Å²) in [4.78, 5) is 4.30. The van der Waals surface area contributed by atoms with Crippen LogP contribution in [0.4, 0.5) is 0 Å². The molecule has 1 nitrogen and oxygen atoms in total. The van der Waals surface area contributed by atoms with Crippen LogP contribution in [-0.2, 0) is 0 Å². The molecule has 0 bridgehead atoms. The molecule has 2 aromatic heterocycles. The third-order valence-corrected chi connectivity index (χ3v) is 2.76. The highest BCUT2D eigenvalue weighted by atomic mass is 32.1. The molecule has 2 aromatic rings. The number of thiophene rings is 1. The normalized spacial score (nSPS) is 10.3. The topological polar surface area (TPSA) is 12.9 Å². The molecular weight excluding hydrogens is 178 g/mol. The molecule has 0 aliphatic carbocycles. The standard InChI is InChI=1S/C11H11NS/c1-8-5-9(2)12-6-11(8)10-3-4-13-7-10/h3-7H,1-2H3. The van der Waals surface area contributed by atoms with Crippen molar-refractivity contribution in [1.82, 2.24) is 4.98 Å². The fourth-order valence-corrected chi connectivity index (χ4v) is 2.07. The first-order valence-electron chi connectivity index (χ1n) is 4.23. The molecule has 2 heterocycles. The van der Waals surface area contributed by atoms with Gasteiger partial charge < -0.3 is 0 Å². The quantitative estimate of drug-likeness (QED) is 0.669. The second-order valence-corrected chi connectivity index (χ2v) is 3.93. The molecule has 2 rings (SSSR count). The molecular formula is C11H11NS. The Bertz CT molecular complexity index is 404. The maximum absolute atomic E-state index is 4.30. The van der Waals surface area contributed by atoms with Crippen LogP contribution in [0, 0.1) is 13.8 Å². The summed E-state index contributed by atoms with van der Waals surface area (Å²) < 4.78 is 0. The second-order valence-electron chi connectivity index (χ2n) is 3.15. The van der Waals surface area contributed by atoms with Gasteiger partial charge in [0.2, 0.25) is 0 Å². The van der Waals surface area contributed by atoms with Crippen molar-refractivity contribution in [2.45, 2.75) is 13.8 Å². The van der Waals surface area contributed by atoms with Gasteiger partial charge in [-0.3, -0.25) is 4.98 Å². The molecule has 2 heteroatoms. The van der Waals surface area contributed by atoms with Gasteiger partial charge in [-0.15, -0.1) is 0 Å². The first-order chi connectivity index (χ1) is 6.27. The molecule has 0 spiro atoms. The maximum Gasteiger partial charge on any atom is 0.0375 e. The maximum atomic E-state index is 4.30. The van der Waals surface area contributed by atoms with Gasteiger partial charge in [-0.1, -0.05) is 0 Å². The van der Waals surface area contributed by atoms with Gasteiger partial charge in [-0.2, -0.15) is 11.3 Å². The molecule has 0 unspecified atom stereocenters. The zero-order valence-electron chi connectivity index (χ0n) is 7.74. The van der Waals surface area contributed by atoms with E-state index in [9.17, 15) is 0 Å². The van der Waals surface area contributed by atoms with E-state index < -0.39 is 0 Å². The molecule has 0 saturated heterocycles. The molecule has 0 radical (unpaired) electrons. The average Bonchev–Trinajstić information content (AvgIpc) is 2.56. The Hall–Kier alpha value is -1.15. The van der Waals surface area contributed by atoms with Crippen LogP contribution in [0.2, 0.25) is 0 Å². The Balaban J connectivity index is 2.53. The van der Waals surface area contributed by atoms with Crippen LogP contribution in [0.15, 0.2) is 29.1 Å². The van der Waals surface area contributed by atoms with E-state index in [1.165, 1.54) is 16.7 Å². The average molecular weight is 189 g/mol. The van der Waals surface area contributed by atoms with E-state index in [-0.39, 0.29) is 0 Å². The first-order valence-corrected chi connectivity index (χ1v) is 5.17. The van der Waals surface area contributed by atoms with Crippen LogP contribution in [0.5, 0.6) is 0 Å². The molecule has 0 aliphatic rings. The highest BCUT2D eigenvalue weighted by Gasteiger charge is 2.02. The Labute approximate surface area is 82.1 Å². The molecule has 0 aromatic carbocycles. The fraction of sp³-hybridized carbons (Fsp3) is 0.182. The Kier molecular flexibility index (Phi) is 2.15. The van der Waals surface area contributed by atoms with E-state index in [1.54, 1.807) is 11.3 Å². The summed E-state index contributed by atoms with van der Waals surface area (Å²) in [5.74, 6) is 0. The highest BCUT2D eigenvalue weighted by molar-refractivity contribution is 7.08. The molecule has 0 amide bonds. The van der Waals surface area contributed by atoms with Crippen molar-refractivity contribution >= 4 is 11.3 Å². The van der Waals surface area contributed by atoms with E-state index in [0.29, 0.717) is 0 Å². The number of hydrogen-bond acceptors (Lipinski definition) is 2. The van der Waals surface area contributed by atoms with Crippen LogP contribution in [-0.4, -0.2) is 4.98 Å². The molecule has 0 N–H and O–H groups in total. The number of aryl methyl sites for hydroxylation is 2. The van der Waals surface area contributed by atoms with Gasteiger partial charge in [0.15, 0.2) is 0 Å². The summed E-state index contributed by atoms with van der Waals surface area (Å²) in [5.41, 5.74) is 4.89. The zero-order valence-corrected chi connectivity index (χ0v) is 8.56. The van der Waals surface area contributed by atoms with E-state index in [4.69, 9.17) is 0 Å². The largest absolute Gasteiger partial charge is 0.261 e. The van der Waals surface area contributed by atoms with Crippen molar-refractivity contribution in [2.24, 2.45) is 0 Å². The van der Waals surface area contributed by atoms with Crippen LogP contribution in [0.3, 0.4) is 0 Å². The third-order valence-electron chi connectivity index (χ3n) is 2.08. The minimum absolute atomic E-state index is 1.08. The summed E-state index contributed by atoms with van der Waals surface area (Å²) in [7, 11) is 0. The predicted octanol–water partition coefficient (Wildman–Crippen LogP) is 3.43. The number of rotatable bonds is 1. The Morgan fingerprint density at radius 2 is 2.15 bits per heavy atom. The van der Waals surface area contributed by atoms with Crippen molar-refractivity contribution in [3.8, 4) is 11.1 Å². The summed E-state index contributed by atoms with van der Waals surface area (Å²) in [6.45, 7) is 4.14. The first kappa shape index (κ1) is 8.45. The third kappa shape index (κ3) is 1.63. The van der Waals surface area contributed by atoms with Crippen molar-refractivity contribution in [3.05, 3.63) is 40.3 Å². The minimum atomic E-state index is 1.08. The summed E-state index contributed by atoms with van der Waals surface area (Å²) in [6.07, 6.45) is 1.95. The van der Waals surface area contributed by atoms with Crippen molar-refractivity contribution in [3.63, 3.8) is 0 Å². The van der Waals surface area contributed by atoms with E-state index in [2.05, 4.69) is 34.8 Å². The summed E-state index contributed by atoms with van der Waals surface area (Å²) in [6, 6.07) is 4.25. The molecule has 0 atom stereocenters. The van der Waals surface area contributed by atoms with Crippen molar-refractivity contribution in [2.75, 3.05) is 0 Å². The molecule has 13 heavy (non-hydrogen) atoms. The number of nitrogens with zero attached hydrogens (tertiary/aromatic N) is 1. The molecule has 0 fully saturated rings. The summed E-state index contributed by atoms with van der Waals surface area (Å²) >= 11 is 1.72. The highest BCUT2D eigenvalue weighted by Crippen LogP contribution is 2.24. The van der Waals surface area contributed by atoms with Gasteiger partial charge >= 0.3 is 0 Å². The minimum Gasteiger partial charge on any atom is -0.261 e. The molecule has 0 saturated carbocycles. The van der Waals surface area contributed by atoms with Gasteiger partial charge in [-0.05, 0) is 47.9 Å². The van der Waals surface area contributed by atoms with E-state index in [1.807, 2.05) is 13.1 Å². The van der Waals surface area contributed by atoms with Crippen molar-refractivity contribution in [1.29, 1.82) is 0 Å². The number of pyridine rings is 1. The van der Waals surface area contributed by atoms with Crippen LogP contribution >= 0.6 is 11.3 Å². The lowest BCUT2D eigenvalue weighted by Crippen LogP contribution is -1.86.